The first-order valence-electron chi connectivity index (χ1n) is 1.65. The second-order valence-electron chi connectivity index (χ2n) is 1.15. The number of rotatable bonds is 1. The average molecular weight is 165 g/mol. The molecule has 0 saturated carbocycles. The van der Waals surface area contributed by atoms with Crippen molar-refractivity contribution < 1.29 is 8.76 Å². The summed E-state index contributed by atoms with van der Waals surface area (Å²) in [5.41, 5.74) is 0. The van der Waals surface area contributed by atoms with Crippen LogP contribution in [-0.2, 0) is 7.77 Å². The Morgan fingerprint density at radius 1 is 1.71 bits per heavy atom. The molecule has 0 heterocycles. The van der Waals surface area contributed by atoms with E-state index in [-0.39, 0.29) is 5.75 Å². The molecular weight excluding hydrogens is 159 g/mol. The van der Waals surface area contributed by atoms with E-state index in [1.54, 1.807) is 0 Å². The maximum atomic E-state index is 10.2. The van der Waals surface area contributed by atoms with Gasteiger partial charge < -0.3 is 0 Å². The van der Waals surface area contributed by atoms with E-state index in [4.69, 9.17) is 25.9 Å². The molecule has 0 aromatic rings. The monoisotopic (exact) mass is 164 g/mol. The minimum Gasteiger partial charge on any atom is -0.277 e. The van der Waals surface area contributed by atoms with E-state index in [1.165, 1.54) is 6.92 Å². The van der Waals surface area contributed by atoms with Crippen molar-refractivity contribution in [1.82, 2.24) is 0 Å². The van der Waals surface area contributed by atoms with Gasteiger partial charge in [0.2, 0.25) is 0 Å². The molecule has 0 aromatic heterocycles. The minimum absolute atomic E-state index is 0.125. The van der Waals surface area contributed by atoms with Crippen LogP contribution in [-0.4, -0.2) is 14.5 Å². The van der Waals surface area contributed by atoms with Gasteiger partial charge in [-0.2, -0.15) is 4.21 Å². The molecule has 0 aliphatic rings. The van der Waals surface area contributed by atoms with Crippen LogP contribution in [0.15, 0.2) is 0 Å². The first kappa shape index (κ1) is 7.69. The zero-order valence-electron chi connectivity index (χ0n) is 3.73. The molecule has 0 atom stereocenters. The maximum Gasteiger partial charge on any atom is 0.0610 e. The molecule has 1 N–H and O–H groups in total. The van der Waals surface area contributed by atoms with E-state index in [9.17, 15) is 4.21 Å². The van der Waals surface area contributed by atoms with E-state index < -0.39 is 7.77 Å². The van der Waals surface area contributed by atoms with Crippen molar-refractivity contribution in [3.8, 4) is 0 Å². The van der Waals surface area contributed by atoms with Crippen molar-refractivity contribution in [3.63, 3.8) is 0 Å². The van der Waals surface area contributed by atoms with E-state index in [0.29, 0.717) is 0 Å². The second-order valence-corrected chi connectivity index (χ2v) is 7.75. The van der Waals surface area contributed by atoms with Gasteiger partial charge in [-0.05, 0) is 14.7 Å². The van der Waals surface area contributed by atoms with E-state index >= 15 is 0 Å². The molecule has 0 aromatic carbocycles. The van der Waals surface area contributed by atoms with Crippen molar-refractivity contribution >= 4 is 29.1 Å². The third-order valence-electron chi connectivity index (χ3n) is 0.465. The highest BCUT2D eigenvalue weighted by Crippen LogP contribution is 2.31. The topological polar surface area (TPSA) is 37.3 Å². The van der Waals surface area contributed by atoms with Crippen LogP contribution < -0.4 is 0 Å². The molecule has 5 heteroatoms. The minimum atomic E-state index is -4.17. The van der Waals surface area contributed by atoms with Crippen LogP contribution in [0.4, 0.5) is 0 Å². The Bertz CT molecular complexity index is 115. The van der Waals surface area contributed by atoms with Crippen LogP contribution in [0, 0.1) is 0 Å². The molecule has 0 unspecified atom stereocenters. The lowest BCUT2D eigenvalue weighted by molar-refractivity contribution is 0.551. The molecule has 0 bridgehead atoms. The molecule has 0 aliphatic carbocycles. The smallest absolute Gasteiger partial charge is 0.0610 e. The molecule has 7 heavy (non-hydrogen) atoms. The summed E-state index contributed by atoms with van der Waals surface area (Å²) >= 11 is 0. The molecule has 0 spiro atoms. The van der Waals surface area contributed by atoms with Crippen LogP contribution in [0.25, 0.3) is 0 Å². The van der Waals surface area contributed by atoms with Gasteiger partial charge >= 0.3 is 0 Å². The zero-order valence-corrected chi connectivity index (χ0v) is 6.06. The van der Waals surface area contributed by atoms with Gasteiger partial charge in [0.25, 0.3) is 0 Å². The third kappa shape index (κ3) is 6.69. The van der Waals surface area contributed by atoms with Crippen LogP contribution in [0.2, 0.25) is 0 Å². The average Bonchev–Trinajstić information content (AvgIpc) is 1.32. The van der Waals surface area contributed by atoms with Gasteiger partial charge in [0.05, 0.1) is 5.75 Å². The SMILES string of the molecule is CCS(=O)(O)(Cl)Cl. The Labute approximate surface area is 51.0 Å². The molecule has 0 rings (SSSR count). The molecule has 46 valence electrons. The van der Waals surface area contributed by atoms with Gasteiger partial charge in [0.1, 0.15) is 0 Å². The normalized spacial score (nSPS) is 18.0. The highest BCUT2D eigenvalue weighted by atomic mass is 36.0. The molecule has 2 nitrogen and oxygen atoms in total. The third-order valence-corrected chi connectivity index (χ3v) is 2.70. The fourth-order valence-electron chi connectivity index (χ4n) is 0. The fourth-order valence-corrected chi connectivity index (χ4v) is 0. The summed E-state index contributed by atoms with van der Waals surface area (Å²) in [5, 5.41) is 0. The summed E-state index contributed by atoms with van der Waals surface area (Å²) in [7, 11) is 5.52. The first-order valence-corrected chi connectivity index (χ1v) is 5.40. The molecule has 0 amide bonds. The standard InChI is InChI=1S/C2H6Cl2O2S/c1-2-7(3,4,5)6/h2H2,1H3,(H,5,6). The predicted molar refractivity (Wildman–Crippen MR) is 33.0 cm³/mol. The largest absolute Gasteiger partial charge is 0.277 e. The Morgan fingerprint density at radius 3 is 1.86 bits per heavy atom. The van der Waals surface area contributed by atoms with Crippen LogP contribution in [0.3, 0.4) is 0 Å². The van der Waals surface area contributed by atoms with Crippen LogP contribution in [0.5, 0.6) is 0 Å². The summed E-state index contributed by atoms with van der Waals surface area (Å²) in [5.74, 6) is -0.125. The van der Waals surface area contributed by atoms with Crippen molar-refractivity contribution in [3.05, 3.63) is 0 Å². The zero-order chi connectivity index (χ0) is 6.15. The number of halogens is 2. The molecule has 0 radical (unpaired) electrons. The van der Waals surface area contributed by atoms with Gasteiger partial charge in [0.15, 0.2) is 0 Å². The Hall–Kier alpha value is 0.690. The van der Waals surface area contributed by atoms with Crippen molar-refractivity contribution in [1.29, 1.82) is 0 Å². The lowest BCUT2D eigenvalue weighted by Crippen LogP contribution is -2.16. The highest BCUT2D eigenvalue weighted by Gasteiger charge is 2.15. The van der Waals surface area contributed by atoms with Gasteiger partial charge in [0, 0.05) is 21.4 Å². The van der Waals surface area contributed by atoms with Crippen molar-refractivity contribution in [2.45, 2.75) is 6.92 Å². The summed E-state index contributed by atoms with van der Waals surface area (Å²) in [6.07, 6.45) is 0. The predicted octanol–water partition coefficient (Wildman–Crippen LogP) is 1.61. The van der Waals surface area contributed by atoms with Gasteiger partial charge in [-0.25, -0.2) is 0 Å². The fraction of sp³-hybridized carbons (Fsp3) is 1.00. The van der Waals surface area contributed by atoms with Gasteiger partial charge in [-0.15, -0.1) is 0 Å². The highest BCUT2D eigenvalue weighted by molar-refractivity contribution is 8.50. The van der Waals surface area contributed by atoms with E-state index in [1.807, 2.05) is 0 Å². The molecule has 0 fully saturated rings. The van der Waals surface area contributed by atoms with Gasteiger partial charge in [-0.1, -0.05) is 0 Å². The summed E-state index contributed by atoms with van der Waals surface area (Å²) in [6.45, 7) is 1.44. The second kappa shape index (κ2) is 1.58. The lowest BCUT2D eigenvalue weighted by Gasteiger charge is -2.23. The molecule has 0 aliphatic heterocycles. The molecule has 0 saturated heterocycles. The summed E-state index contributed by atoms with van der Waals surface area (Å²) in [6, 6.07) is 0. The van der Waals surface area contributed by atoms with E-state index in [0.717, 1.165) is 0 Å². The lowest BCUT2D eigenvalue weighted by atomic mass is 11.0. The van der Waals surface area contributed by atoms with Crippen molar-refractivity contribution in [2.24, 2.45) is 0 Å². The van der Waals surface area contributed by atoms with Crippen LogP contribution >= 0.6 is 21.4 Å². The first-order chi connectivity index (χ1) is 2.81. The Morgan fingerprint density at radius 2 is 1.86 bits per heavy atom. The van der Waals surface area contributed by atoms with Crippen LogP contribution in [0.1, 0.15) is 6.92 Å². The van der Waals surface area contributed by atoms with Gasteiger partial charge in [-0.3, -0.25) is 4.55 Å². The number of hydrogen-bond donors (Lipinski definition) is 1. The molecular formula is C2H6Cl2O2S. The van der Waals surface area contributed by atoms with E-state index in [2.05, 4.69) is 0 Å². The van der Waals surface area contributed by atoms with Crippen molar-refractivity contribution in [2.75, 3.05) is 5.75 Å². The number of hydrogen-bond acceptors (Lipinski definition) is 1. The quantitative estimate of drug-likeness (QED) is 0.599. The maximum absolute atomic E-state index is 10.2. The summed E-state index contributed by atoms with van der Waals surface area (Å²) in [4.78, 5) is 0. The Balaban J connectivity index is 4.14. The Kier molecular flexibility index (Phi) is 1.74. The summed E-state index contributed by atoms with van der Waals surface area (Å²) < 4.78 is 18.6.